The molecule has 0 amide bonds. The Morgan fingerprint density at radius 1 is 1.00 bits per heavy atom. The van der Waals surface area contributed by atoms with Gasteiger partial charge in [0, 0.05) is 6.61 Å². The van der Waals surface area contributed by atoms with E-state index in [1.165, 1.54) is 25.7 Å². The van der Waals surface area contributed by atoms with Crippen molar-refractivity contribution in [2.45, 2.75) is 64.9 Å². The first-order chi connectivity index (χ1) is 7.56. The molecule has 16 heavy (non-hydrogen) atoms. The van der Waals surface area contributed by atoms with Crippen LogP contribution in [0.3, 0.4) is 0 Å². The molecule has 0 unspecified atom stereocenters. The van der Waals surface area contributed by atoms with Gasteiger partial charge in [0.1, 0.15) is 6.29 Å². The normalized spacial score (nSPS) is 12.2. The number of aldehydes is 1. The lowest BCUT2D eigenvalue weighted by Gasteiger charge is -2.19. The van der Waals surface area contributed by atoms with Gasteiger partial charge in [-0.15, -0.1) is 0 Å². The Morgan fingerprint density at radius 2 is 1.62 bits per heavy atom. The molecule has 0 aromatic heterocycles. The van der Waals surface area contributed by atoms with Gasteiger partial charge in [0.05, 0.1) is 5.60 Å². The lowest BCUT2D eigenvalue weighted by atomic mass is 10.1. The minimum Gasteiger partial charge on any atom is -0.376 e. The van der Waals surface area contributed by atoms with Crippen molar-refractivity contribution in [1.82, 2.24) is 0 Å². The van der Waals surface area contributed by atoms with E-state index in [1.807, 2.05) is 6.08 Å². The maximum Gasteiger partial charge on any atom is 0.142 e. The molecule has 0 radical (unpaired) electrons. The van der Waals surface area contributed by atoms with Gasteiger partial charge in [-0.2, -0.15) is 0 Å². The van der Waals surface area contributed by atoms with E-state index in [2.05, 4.69) is 20.8 Å². The summed E-state index contributed by atoms with van der Waals surface area (Å²) in [4.78, 5) is 9.99. The van der Waals surface area contributed by atoms with Crippen LogP contribution in [0, 0.1) is 0 Å². The third-order valence-corrected chi connectivity index (χ3v) is 2.26. The topological polar surface area (TPSA) is 26.3 Å². The van der Waals surface area contributed by atoms with E-state index in [1.54, 1.807) is 6.08 Å². The van der Waals surface area contributed by atoms with Gasteiger partial charge in [0.25, 0.3) is 0 Å². The van der Waals surface area contributed by atoms with Crippen LogP contribution in [0.1, 0.15) is 59.3 Å². The first-order valence-corrected chi connectivity index (χ1v) is 6.30. The molecule has 0 aliphatic heterocycles. The predicted molar refractivity (Wildman–Crippen MR) is 68.6 cm³/mol. The first kappa shape index (κ1) is 15.4. The van der Waals surface area contributed by atoms with Crippen molar-refractivity contribution in [1.29, 1.82) is 0 Å². The third kappa shape index (κ3) is 13.4. The largest absolute Gasteiger partial charge is 0.376 e. The molecule has 0 aliphatic rings. The van der Waals surface area contributed by atoms with E-state index < -0.39 is 0 Å². The standard InChI is InChI=1S/C14H26O2/c1-14(2,3)16-13-11-9-7-5-4-6-8-10-12-15/h8,10,12H,4-7,9,11,13H2,1-3H3/b10-8+. The van der Waals surface area contributed by atoms with Crippen molar-refractivity contribution in [3.8, 4) is 0 Å². The molecule has 0 aromatic rings. The van der Waals surface area contributed by atoms with Gasteiger partial charge < -0.3 is 4.74 Å². The molecule has 0 saturated carbocycles. The molecule has 0 saturated heterocycles. The SMILES string of the molecule is CC(C)(C)OCCCCCCC/C=C/C=O. The average Bonchev–Trinajstić information content (AvgIpc) is 2.19. The van der Waals surface area contributed by atoms with E-state index in [9.17, 15) is 4.79 Å². The average molecular weight is 226 g/mol. The van der Waals surface area contributed by atoms with E-state index in [0.29, 0.717) is 0 Å². The Balaban J connectivity index is 3.10. The number of rotatable bonds is 9. The monoisotopic (exact) mass is 226 g/mol. The first-order valence-electron chi connectivity index (χ1n) is 6.30. The maximum absolute atomic E-state index is 9.99. The summed E-state index contributed by atoms with van der Waals surface area (Å²) < 4.78 is 5.64. The maximum atomic E-state index is 9.99. The van der Waals surface area contributed by atoms with Gasteiger partial charge in [-0.05, 0) is 46.1 Å². The quantitative estimate of drug-likeness (QED) is 0.338. The molecule has 0 heterocycles. The molecule has 0 bridgehead atoms. The molecule has 0 N–H and O–H groups in total. The van der Waals surface area contributed by atoms with Crippen LogP contribution in [0.5, 0.6) is 0 Å². The highest BCUT2D eigenvalue weighted by molar-refractivity contribution is 5.64. The summed E-state index contributed by atoms with van der Waals surface area (Å²) in [5, 5.41) is 0. The number of carbonyl (C=O) groups is 1. The van der Waals surface area contributed by atoms with E-state index in [0.717, 1.165) is 25.7 Å². The number of ether oxygens (including phenoxy) is 1. The summed E-state index contributed by atoms with van der Waals surface area (Å²) in [7, 11) is 0. The Labute approximate surface area is 100 Å². The molecule has 0 aliphatic carbocycles. The van der Waals surface area contributed by atoms with Crippen molar-refractivity contribution in [2.75, 3.05) is 6.61 Å². The molecular weight excluding hydrogens is 200 g/mol. The van der Waals surface area contributed by atoms with Gasteiger partial charge in [0.15, 0.2) is 0 Å². The summed E-state index contributed by atoms with van der Waals surface area (Å²) in [5.74, 6) is 0. The van der Waals surface area contributed by atoms with Gasteiger partial charge in [0.2, 0.25) is 0 Å². The number of carbonyl (C=O) groups excluding carboxylic acids is 1. The van der Waals surface area contributed by atoms with Crippen LogP contribution in [0.4, 0.5) is 0 Å². The summed E-state index contributed by atoms with van der Waals surface area (Å²) >= 11 is 0. The highest BCUT2D eigenvalue weighted by atomic mass is 16.5. The van der Waals surface area contributed by atoms with E-state index in [-0.39, 0.29) is 5.60 Å². The zero-order chi connectivity index (χ0) is 12.3. The van der Waals surface area contributed by atoms with Crippen molar-refractivity contribution < 1.29 is 9.53 Å². The second-order valence-electron chi connectivity index (χ2n) is 5.08. The van der Waals surface area contributed by atoms with Gasteiger partial charge in [-0.3, -0.25) is 4.79 Å². The molecule has 94 valence electrons. The number of allylic oxidation sites excluding steroid dienone is 2. The van der Waals surface area contributed by atoms with Crippen molar-refractivity contribution >= 4 is 6.29 Å². The van der Waals surface area contributed by atoms with Crippen LogP contribution in [-0.4, -0.2) is 18.5 Å². The van der Waals surface area contributed by atoms with Crippen molar-refractivity contribution in [2.24, 2.45) is 0 Å². The lowest BCUT2D eigenvalue weighted by Crippen LogP contribution is -2.19. The fraction of sp³-hybridized carbons (Fsp3) is 0.786. The molecule has 0 aromatic carbocycles. The summed E-state index contributed by atoms with van der Waals surface area (Å²) in [6.07, 6.45) is 11.5. The molecule has 0 atom stereocenters. The zero-order valence-electron chi connectivity index (χ0n) is 11.0. The molecule has 2 heteroatoms. The Bertz CT molecular complexity index is 189. The van der Waals surface area contributed by atoms with Gasteiger partial charge >= 0.3 is 0 Å². The summed E-state index contributed by atoms with van der Waals surface area (Å²) in [6, 6.07) is 0. The molecule has 2 nitrogen and oxygen atoms in total. The number of hydrogen-bond donors (Lipinski definition) is 0. The molecule has 0 fully saturated rings. The Morgan fingerprint density at radius 3 is 2.25 bits per heavy atom. The molecular formula is C14H26O2. The van der Waals surface area contributed by atoms with Crippen LogP contribution < -0.4 is 0 Å². The van der Waals surface area contributed by atoms with Crippen molar-refractivity contribution in [3.05, 3.63) is 12.2 Å². The van der Waals surface area contributed by atoms with Crippen LogP contribution in [0.25, 0.3) is 0 Å². The number of hydrogen-bond acceptors (Lipinski definition) is 2. The highest BCUT2D eigenvalue weighted by Gasteiger charge is 2.08. The van der Waals surface area contributed by atoms with Crippen molar-refractivity contribution in [3.63, 3.8) is 0 Å². The fourth-order valence-electron chi connectivity index (χ4n) is 1.42. The Kier molecular flexibility index (Phi) is 9.21. The van der Waals surface area contributed by atoms with Crippen LogP contribution >= 0.6 is 0 Å². The van der Waals surface area contributed by atoms with E-state index in [4.69, 9.17) is 4.74 Å². The van der Waals surface area contributed by atoms with Gasteiger partial charge in [-0.1, -0.05) is 25.3 Å². The summed E-state index contributed by atoms with van der Waals surface area (Å²) in [6.45, 7) is 7.14. The van der Waals surface area contributed by atoms with Gasteiger partial charge in [-0.25, -0.2) is 0 Å². The zero-order valence-corrected chi connectivity index (χ0v) is 11.0. The smallest absolute Gasteiger partial charge is 0.142 e. The van der Waals surface area contributed by atoms with E-state index >= 15 is 0 Å². The van der Waals surface area contributed by atoms with Crippen LogP contribution in [-0.2, 0) is 9.53 Å². The highest BCUT2D eigenvalue weighted by Crippen LogP contribution is 2.10. The third-order valence-electron chi connectivity index (χ3n) is 2.26. The summed E-state index contributed by atoms with van der Waals surface area (Å²) in [5.41, 5.74) is -0.000372. The second kappa shape index (κ2) is 9.59. The minimum atomic E-state index is -0.000372. The molecule has 0 rings (SSSR count). The lowest BCUT2D eigenvalue weighted by molar-refractivity contribution is -0.104. The van der Waals surface area contributed by atoms with Crippen LogP contribution in [0.2, 0.25) is 0 Å². The Hall–Kier alpha value is -0.630. The number of unbranched alkanes of at least 4 members (excludes halogenated alkanes) is 5. The fourth-order valence-corrected chi connectivity index (χ4v) is 1.42. The van der Waals surface area contributed by atoms with Crippen LogP contribution in [0.15, 0.2) is 12.2 Å². The predicted octanol–water partition coefficient (Wildman–Crippen LogP) is 3.90. The second-order valence-corrected chi connectivity index (χ2v) is 5.08. The minimum absolute atomic E-state index is 0.000372. The molecule has 0 spiro atoms.